The topological polar surface area (TPSA) is 113 Å². The van der Waals surface area contributed by atoms with E-state index < -0.39 is 16.8 Å². The first-order chi connectivity index (χ1) is 14.4. The van der Waals surface area contributed by atoms with Crippen molar-refractivity contribution in [1.82, 2.24) is 4.57 Å². The number of nitro groups is 1. The van der Waals surface area contributed by atoms with Crippen molar-refractivity contribution in [3.8, 4) is 5.75 Å². The van der Waals surface area contributed by atoms with Gasteiger partial charge in [0.25, 0.3) is 11.6 Å². The Morgan fingerprint density at radius 3 is 2.73 bits per heavy atom. The van der Waals surface area contributed by atoms with Crippen molar-refractivity contribution in [3.63, 3.8) is 0 Å². The summed E-state index contributed by atoms with van der Waals surface area (Å²) in [4.78, 5) is 39.2. The quantitative estimate of drug-likeness (QED) is 0.324. The molecule has 0 saturated heterocycles. The van der Waals surface area contributed by atoms with Gasteiger partial charge < -0.3 is 14.0 Å². The van der Waals surface area contributed by atoms with Gasteiger partial charge in [-0.1, -0.05) is 23.5 Å². The smallest absolute Gasteiger partial charge is 0.326 e. The number of non-ortho nitro benzene ring substituents is 1. The molecule has 0 aliphatic rings. The Morgan fingerprint density at radius 1 is 1.23 bits per heavy atom. The van der Waals surface area contributed by atoms with E-state index in [2.05, 4.69) is 4.99 Å². The predicted octanol–water partition coefficient (Wildman–Crippen LogP) is 2.99. The minimum atomic E-state index is -0.546. The number of carbonyl (C=O) groups is 2. The minimum absolute atomic E-state index is 0.0901. The molecule has 0 bridgehead atoms. The van der Waals surface area contributed by atoms with Gasteiger partial charge in [0, 0.05) is 12.1 Å². The lowest BCUT2D eigenvalue weighted by Crippen LogP contribution is -2.24. The third-order valence-electron chi connectivity index (χ3n) is 4.04. The Morgan fingerprint density at radius 2 is 2.03 bits per heavy atom. The first-order valence-electron chi connectivity index (χ1n) is 9.08. The van der Waals surface area contributed by atoms with Crippen molar-refractivity contribution in [2.45, 2.75) is 20.4 Å². The van der Waals surface area contributed by atoms with E-state index in [1.807, 2.05) is 19.1 Å². The van der Waals surface area contributed by atoms with Gasteiger partial charge in [0.05, 0.1) is 21.7 Å². The standard InChI is InChI=1S/C20H19N3O6S/c1-3-28-19(25)11-22-16-8-7-14(23(26)27)10-17(16)30-20(22)21-18(24)12-29-15-6-4-5-13(2)9-15/h4-10H,3,11-12H2,1-2H3. The normalized spacial score (nSPS) is 11.5. The van der Waals surface area contributed by atoms with Crippen LogP contribution in [0.5, 0.6) is 5.75 Å². The van der Waals surface area contributed by atoms with Gasteiger partial charge in [-0.2, -0.15) is 4.99 Å². The molecule has 2 aromatic carbocycles. The third-order valence-corrected chi connectivity index (χ3v) is 5.08. The molecule has 0 aliphatic heterocycles. The number of hydrogen-bond acceptors (Lipinski definition) is 7. The number of aryl methyl sites for hydroxylation is 1. The van der Waals surface area contributed by atoms with Crippen LogP contribution in [0.25, 0.3) is 10.2 Å². The summed E-state index contributed by atoms with van der Waals surface area (Å²) in [6.07, 6.45) is 0. The average Bonchev–Trinajstić information content (AvgIpc) is 3.02. The number of amides is 1. The van der Waals surface area contributed by atoms with Gasteiger partial charge in [0.1, 0.15) is 12.3 Å². The molecule has 0 radical (unpaired) electrons. The summed E-state index contributed by atoms with van der Waals surface area (Å²) in [6, 6.07) is 11.5. The predicted molar refractivity (Wildman–Crippen MR) is 110 cm³/mol. The number of nitro benzene ring substituents is 1. The van der Waals surface area contributed by atoms with E-state index in [9.17, 15) is 19.7 Å². The van der Waals surface area contributed by atoms with Crippen LogP contribution in [0.4, 0.5) is 5.69 Å². The molecule has 3 aromatic rings. The van der Waals surface area contributed by atoms with E-state index in [1.165, 1.54) is 22.8 Å². The maximum absolute atomic E-state index is 12.4. The number of ether oxygens (including phenoxy) is 2. The number of hydrogen-bond donors (Lipinski definition) is 0. The molecular formula is C20H19N3O6S. The van der Waals surface area contributed by atoms with Crippen LogP contribution >= 0.6 is 11.3 Å². The highest BCUT2D eigenvalue weighted by Gasteiger charge is 2.15. The lowest BCUT2D eigenvalue weighted by molar-refractivity contribution is -0.384. The van der Waals surface area contributed by atoms with Crippen LogP contribution in [-0.4, -0.2) is 34.6 Å². The largest absolute Gasteiger partial charge is 0.484 e. The van der Waals surface area contributed by atoms with Crippen LogP contribution in [0.2, 0.25) is 0 Å². The molecule has 0 spiro atoms. The summed E-state index contributed by atoms with van der Waals surface area (Å²) in [5.74, 6) is -0.499. The van der Waals surface area contributed by atoms with E-state index in [0.29, 0.717) is 16.0 Å². The average molecular weight is 429 g/mol. The van der Waals surface area contributed by atoms with Crippen LogP contribution in [0.3, 0.4) is 0 Å². The first-order valence-corrected chi connectivity index (χ1v) is 9.89. The molecule has 1 amide bonds. The molecule has 30 heavy (non-hydrogen) atoms. The highest BCUT2D eigenvalue weighted by atomic mass is 32.1. The van der Waals surface area contributed by atoms with Gasteiger partial charge in [0.2, 0.25) is 0 Å². The Kier molecular flexibility index (Phi) is 6.58. The highest BCUT2D eigenvalue weighted by Crippen LogP contribution is 2.23. The molecule has 156 valence electrons. The molecule has 0 aliphatic carbocycles. The molecule has 0 atom stereocenters. The summed E-state index contributed by atoms with van der Waals surface area (Å²) in [7, 11) is 0. The number of esters is 1. The number of carbonyl (C=O) groups excluding carboxylic acids is 2. The van der Waals surface area contributed by atoms with Crippen LogP contribution in [0.1, 0.15) is 12.5 Å². The maximum Gasteiger partial charge on any atom is 0.326 e. The summed E-state index contributed by atoms with van der Waals surface area (Å²) in [6.45, 7) is 3.36. The van der Waals surface area contributed by atoms with Crippen LogP contribution < -0.4 is 9.54 Å². The zero-order valence-corrected chi connectivity index (χ0v) is 17.2. The SMILES string of the molecule is CCOC(=O)Cn1c(=NC(=O)COc2cccc(C)c2)sc2cc([N+](=O)[O-])ccc21. The molecule has 0 saturated carbocycles. The number of benzene rings is 2. The van der Waals surface area contributed by atoms with Gasteiger partial charge in [-0.3, -0.25) is 19.7 Å². The number of fused-ring (bicyclic) bond motifs is 1. The van der Waals surface area contributed by atoms with Crippen molar-refractivity contribution >= 4 is 39.1 Å². The van der Waals surface area contributed by atoms with Crippen LogP contribution in [0.15, 0.2) is 47.5 Å². The fourth-order valence-electron chi connectivity index (χ4n) is 2.74. The van der Waals surface area contributed by atoms with Crippen molar-refractivity contribution < 1.29 is 24.0 Å². The summed E-state index contributed by atoms with van der Waals surface area (Å²) >= 11 is 1.08. The third kappa shape index (κ3) is 5.09. The second-order valence-corrected chi connectivity index (χ2v) is 7.30. The molecule has 0 N–H and O–H groups in total. The number of nitrogens with zero attached hydrogens (tertiary/aromatic N) is 3. The van der Waals surface area contributed by atoms with E-state index in [-0.39, 0.29) is 30.2 Å². The molecule has 3 rings (SSSR count). The molecule has 9 nitrogen and oxygen atoms in total. The maximum atomic E-state index is 12.4. The Hall–Kier alpha value is -3.53. The van der Waals surface area contributed by atoms with Crippen molar-refractivity contribution in [2.24, 2.45) is 4.99 Å². The van der Waals surface area contributed by atoms with Gasteiger partial charge in [-0.25, -0.2) is 0 Å². The van der Waals surface area contributed by atoms with Gasteiger partial charge in [-0.05, 0) is 37.6 Å². The van der Waals surface area contributed by atoms with Crippen molar-refractivity contribution in [3.05, 3.63) is 62.9 Å². The molecular weight excluding hydrogens is 410 g/mol. The highest BCUT2D eigenvalue weighted by molar-refractivity contribution is 7.16. The fourth-order valence-corrected chi connectivity index (χ4v) is 3.82. The summed E-state index contributed by atoms with van der Waals surface area (Å²) < 4.78 is 12.5. The zero-order valence-electron chi connectivity index (χ0n) is 16.4. The van der Waals surface area contributed by atoms with Gasteiger partial charge in [-0.15, -0.1) is 0 Å². The van der Waals surface area contributed by atoms with Crippen LogP contribution in [0, 0.1) is 17.0 Å². The minimum Gasteiger partial charge on any atom is -0.484 e. The second-order valence-electron chi connectivity index (χ2n) is 6.30. The van der Waals surface area contributed by atoms with Crippen LogP contribution in [-0.2, 0) is 20.9 Å². The molecule has 1 heterocycles. The lowest BCUT2D eigenvalue weighted by Gasteiger charge is -2.05. The molecule has 0 fully saturated rings. The van der Waals surface area contributed by atoms with E-state index >= 15 is 0 Å². The van der Waals surface area contributed by atoms with E-state index in [4.69, 9.17) is 9.47 Å². The molecule has 0 unspecified atom stereocenters. The van der Waals surface area contributed by atoms with E-state index in [0.717, 1.165) is 16.9 Å². The Labute approximate surface area is 175 Å². The fraction of sp³-hybridized carbons (Fsp3) is 0.250. The summed E-state index contributed by atoms with van der Waals surface area (Å²) in [5, 5.41) is 11.1. The van der Waals surface area contributed by atoms with Gasteiger partial charge >= 0.3 is 5.97 Å². The molecule has 1 aromatic heterocycles. The molecule has 10 heteroatoms. The number of rotatable bonds is 7. The lowest BCUT2D eigenvalue weighted by atomic mass is 10.2. The number of thiazole rings is 1. The summed E-state index contributed by atoms with van der Waals surface area (Å²) in [5.41, 5.74) is 1.45. The zero-order chi connectivity index (χ0) is 21.7. The van der Waals surface area contributed by atoms with Crippen molar-refractivity contribution in [1.29, 1.82) is 0 Å². The Balaban J connectivity index is 1.93. The monoisotopic (exact) mass is 429 g/mol. The van der Waals surface area contributed by atoms with E-state index in [1.54, 1.807) is 19.1 Å². The first kappa shape index (κ1) is 21.2. The van der Waals surface area contributed by atoms with Gasteiger partial charge in [0.15, 0.2) is 11.4 Å². The second kappa shape index (κ2) is 9.31. The van der Waals surface area contributed by atoms with Crippen molar-refractivity contribution in [2.75, 3.05) is 13.2 Å². The number of aromatic nitrogens is 1. The Bertz CT molecular complexity index is 1180.